The van der Waals surface area contributed by atoms with Crippen LogP contribution in [0.15, 0.2) is 48.5 Å². The Bertz CT molecular complexity index is 733. The number of amides is 1. The second-order valence-electron chi connectivity index (χ2n) is 5.32. The zero-order valence-electron chi connectivity index (χ0n) is 14.1. The van der Waals surface area contributed by atoms with E-state index in [0.717, 1.165) is 9.13 Å². The summed E-state index contributed by atoms with van der Waals surface area (Å²) in [7, 11) is 1.58. The number of hydrogen-bond acceptors (Lipinski definition) is 4. The van der Waals surface area contributed by atoms with Gasteiger partial charge in [-0.05, 0) is 53.3 Å². The quantitative estimate of drug-likeness (QED) is 0.517. The maximum atomic E-state index is 12.5. The highest BCUT2D eigenvalue weighted by Crippen LogP contribution is 2.21. The van der Waals surface area contributed by atoms with Crippen molar-refractivity contribution in [2.45, 2.75) is 19.4 Å². The van der Waals surface area contributed by atoms with Gasteiger partial charge in [-0.3, -0.25) is 4.79 Å². The number of methoxy groups -OCH3 is 1. The topological polar surface area (TPSA) is 64.6 Å². The largest absolute Gasteiger partial charge is 0.496 e. The zero-order chi connectivity index (χ0) is 18.2. The first-order chi connectivity index (χ1) is 12.0. The van der Waals surface area contributed by atoms with Crippen LogP contribution in [-0.4, -0.2) is 31.6 Å². The van der Waals surface area contributed by atoms with Crippen molar-refractivity contribution in [1.82, 2.24) is 5.32 Å². The van der Waals surface area contributed by atoms with E-state index >= 15 is 0 Å². The SMILES string of the molecule is CCOC(=O)C(Cc1ccccc1)NC(=O)c1ccc(OC)c(I)c1. The van der Waals surface area contributed by atoms with E-state index in [1.54, 1.807) is 32.2 Å². The molecule has 1 atom stereocenters. The monoisotopic (exact) mass is 453 g/mol. The molecule has 5 nitrogen and oxygen atoms in total. The van der Waals surface area contributed by atoms with Crippen molar-refractivity contribution in [2.24, 2.45) is 0 Å². The lowest BCUT2D eigenvalue weighted by atomic mass is 10.1. The van der Waals surface area contributed by atoms with Gasteiger partial charge in [0.2, 0.25) is 0 Å². The normalized spacial score (nSPS) is 11.5. The Morgan fingerprint density at radius 1 is 1.16 bits per heavy atom. The average molecular weight is 453 g/mol. The van der Waals surface area contributed by atoms with Gasteiger partial charge in [0, 0.05) is 12.0 Å². The van der Waals surface area contributed by atoms with Gasteiger partial charge in [0.1, 0.15) is 11.8 Å². The zero-order valence-corrected chi connectivity index (χ0v) is 16.3. The fourth-order valence-electron chi connectivity index (χ4n) is 2.34. The Balaban J connectivity index is 2.16. The average Bonchev–Trinajstić information content (AvgIpc) is 2.62. The predicted molar refractivity (Wildman–Crippen MR) is 104 cm³/mol. The third kappa shape index (κ3) is 5.45. The molecule has 25 heavy (non-hydrogen) atoms. The molecule has 0 fully saturated rings. The lowest BCUT2D eigenvalue weighted by molar-refractivity contribution is -0.145. The second kappa shape index (κ2) is 9.41. The molecule has 0 radical (unpaired) electrons. The van der Waals surface area contributed by atoms with E-state index in [2.05, 4.69) is 27.9 Å². The van der Waals surface area contributed by atoms with Crippen LogP contribution in [-0.2, 0) is 16.0 Å². The van der Waals surface area contributed by atoms with Gasteiger partial charge in [-0.25, -0.2) is 4.79 Å². The molecule has 0 aliphatic heterocycles. The van der Waals surface area contributed by atoms with Crippen LogP contribution in [0.4, 0.5) is 0 Å². The summed E-state index contributed by atoms with van der Waals surface area (Å²) in [4.78, 5) is 24.8. The third-order valence-corrected chi connectivity index (χ3v) is 4.42. The number of benzene rings is 2. The van der Waals surface area contributed by atoms with Gasteiger partial charge in [-0.15, -0.1) is 0 Å². The molecule has 0 aliphatic rings. The van der Waals surface area contributed by atoms with Gasteiger partial charge >= 0.3 is 5.97 Å². The van der Waals surface area contributed by atoms with Crippen LogP contribution >= 0.6 is 22.6 Å². The van der Waals surface area contributed by atoms with Crippen LogP contribution in [0.25, 0.3) is 0 Å². The van der Waals surface area contributed by atoms with E-state index in [1.165, 1.54) is 0 Å². The molecule has 6 heteroatoms. The molecule has 0 spiro atoms. The van der Waals surface area contributed by atoms with Crippen LogP contribution in [0.5, 0.6) is 5.75 Å². The number of carbonyl (C=O) groups excluding carboxylic acids is 2. The van der Waals surface area contributed by atoms with Crippen molar-refractivity contribution in [3.8, 4) is 5.75 Å². The van der Waals surface area contributed by atoms with Gasteiger partial charge in [0.15, 0.2) is 0 Å². The molecule has 2 rings (SSSR count). The molecular weight excluding hydrogens is 433 g/mol. The number of ether oxygens (including phenoxy) is 2. The van der Waals surface area contributed by atoms with Crippen LogP contribution in [0.3, 0.4) is 0 Å². The molecule has 0 saturated heterocycles. The molecular formula is C19H20INO4. The van der Waals surface area contributed by atoms with Crippen molar-refractivity contribution in [3.63, 3.8) is 0 Å². The summed E-state index contributed by atoms with van der Waals surface area (Å²) in [5.74, 6) is -0.0687. The molecule has 2 aromatic carbocycles. The van der Waals surface area contributed by atoms with Crippen LogP contribution in [0.1, 0.15) is 22.8 Å². The Labute approximate surface area is 160 Å². The fraction of sp³-hybridized carbons (Fsp3) is 0.263. The first-order valence-corrected chi connectivity index (χ1v) is 8.98. The molecule has 1 unspecified atom stereocenters. The molecule has 0 bridgehead atoms. The number of esters is 1. The summed E-state index contributed by atoms with van der Waals surface area (Å²) < 4.78 is 11.1. The predicted octanol–water partition coefficient (Wildman–Crippen LogP) is 3.20. The van der Waals surface area contributed by atoms with Crippen LogP contribution < -0.4 is 10.1 Å². The van der Waals surface area contributed by atoms with E-state index in [1.807, 2.05) is 30.3 Å². The van der Waals surface area contributed by atoms with Crippen LogP contribution in [0.2, 0.25) is 0 Å². The molecule has 0 aliphatic carbocycles. The Kier molecular flexibility index (Phi) is 7.24. The van der Waals surface area contributed by atoms with Crippen molar-refractivity contribution >= 4 is 34.5 Å². The number of nitrogens with one attached hydrogen (secondary N) is 1. The molecule has 132 valence electrons. The highest BCUT2D eigenvalue weighted by atomic mass is 127. The molecule has 0 heterocycles. The van der Waals surface area contributed by atoms with Crippen molar-refractivity contribution < 1.29 is 19.1 Å². The van der Waals surface area contributed by atoms with Crippen molar-refractivity contribution in [1.29, 1.82) is 0 Å². The summed E-state index contributed by atoms with van der Waals surface area (Å²) in [5, 5.41) is 2.77. The minimum absolute atomic E-state index is 0.264. The molecule has 0 aromatic heterocycles. The first kappa shape index (κ1) is 19.2. The van der Waals surface area contributed by atoms with Gasteiger partial charge in [-0.1, -0.05) is 30.3 Å². The second-order valence-corrected chi connectivity index (χ2v) is 6.48. The summed E-state index contributed by atoms with van der Waals surface area (Å²) in [6.07, 6.45) is 0.374. The van der Waals surface area contributed by atoms with E-state index in [0.29, 0.717) is 17.7 Å². The van der Waals surface area contributed by atoms with Crippen LogP contribution in [0, 0.1) is 3.57 Å². The maximum Gasteiger partial charge on any atom is 0.328 e. The number of carbonyl (C=O) groups is 2. The molecule has 2 aromatic rings. The van der Waals surface area contributed by atoms with E-state index in [9.17, 15) is 9.59 Å². The van der Waals surface area contributed by atoms with Crippen molar-refractivity contribution in [2.75, 3.05) is 13.7 Å². The van der Waals surface area contributed by atoms with Gasteiger partial charge in [-0.2, -0.15) is 0 Å². The standard InChI is InChI=1S/C19H20INO4/c1-3-25-19(23)16(11-13-7-5-4-6-8-13)21-18(22)14-9-10-17(24-2)15(20)12-14/h4-10,12,16H,3,11H2,1-2H3,(H,21,22). The van der Waals surface area contributed by atoms with E-state index in [-0.39, 0.29) is 12.5 Å². The number of rotatable bonds is 7. The lowest BCUT2D eigenvalue weighted by Gasteiger charge is -2.18. The molecule has 1 N–H and O–H groups in total. The van der Waals surface area contributed by atoms with E-state index in [4.69, 9.17) is 9.47 Å². The number of hydrogen-bond donors (Lipinski definition) is 1. The minimum atomic E-state index is -0.741. The Morgan fingerprint density at radius 3 is 2.48 bits per heavy atom. The minimum Gasteiger partial charge on any atom is -0.496 e. The summed E-state index contributed by atoms with van der Waals surface area (Å²) in [6, 6.07) is 13.9. The van der Waals surface area contributed by atoms with Gasteiger partial charge in [0.05, 0.1) is 17.3 Å². The molecule has 1 amide bonds. The number of halogens is 1. The van der Waals surface area contributed by atoms with Gasteiger partial charge in [0.25, 0.3) is 5.91 Å². The third-order valence-electron chi connectivity index (χ3n) is 3.57. The first-order valence-electron chi connectivity index (χ1n) is 7.90. The van der Waals surface area contributed by atoms with Crippen molar-refractivity contribution in [3.05, 3.63) is 63.2 Å². The maximum absolute atomic E-state index is 12.5. The summed E-state index contributed by atoms with van der Waals surface area (Å²) in [5.41, 5.74) is 1.41. The summed E-state index contributed by atoms with van der Waals surface area (Å²) >= 11 is 2.10. The summed E-state index contributed by atoms with van der Waals surface area (Å²) in [6.45, 7) is 2.01. The van der Waals surface area contributed by atoms with E-state index < -0.39 is 12.0 Å². The highest BCUT2D eigenvalue weighted by molar-refractivity contribution is 14.1. The lowest BCUT2D eigenvalue weighted by Crippen LogP contribution is -2.43. The molecule has 0 saturated carbocycles. The Morgan fingerprint density at radius 2 is 1.88 bits per heavy atom. The van der Waals surface area contributed by atoms with Gasteiger partial charge < -0.3 is 14.8 Å². The fourth-order valence-corrected chi connectivity index (χ4v) is 3.07. The smallest absolute Gasteiger partial charge is 0.328 e. The highest BCUT2D eigenvalue weighted by Gasteiger charge is 2.23. The Hall–Kier alpha value is -2.09.